The van der Waals surface area contributed by atoms with Crippen molar-refractivity contribution in [1.82, 2.24) is 9.78 Å². The smallest absolute Gasteiger partial charge is 0.335 e. The van der Waals surface area contributed by atoms with Crippen LogP contribution in [0.4, 0.5) is 0 Å². The number of fused-ring (bicyclic) bond motifs is 1. The highest BCUT2D eigenvalue weighted by Gasteiger charge is 2.25. The van der Waals surface area contributed by atoms with Crippen LogP contribution in [0.15, 0.2) is 60.9 Å². The van der Waals surface area contributed by atoms with E-state index in [0.29, 0.717) is 22.9 Å². The molecule has 1 aliphatic heterocycles. The van der Waals surface area contributed by atoms with Gasteiger partial charge in [0.05, 0.1) is 6.61 Å². The minimum absolute atomic E-state index is 0.0479. The minimum atomic E-state index is -0.666. The molecule has 6 nitrogen and oxygen atoms in total. The zero-order valence-electron chi connectivity index (χ0n) is 14.4. The van der Waals surface area contributed by atoms with Crippen LogP contribution in [0.5, 0.6) is 5.75 Å². The number of carbonyl (C=O) groups excluding carboxylic acids is 1. The number of aromatic nitrogens is 2. The van der Waals surface area contributed by atoms with Crippen LogP contribution in [0.25, 0.3) is 0 Å². The standard InChI is InChI=1S/C20H17ClN2O4/c21-17-9-15-11-25-13-27-19(15)16(10-17)12-26-20(24)18(23-8-4-7-22-23)14-5-2-1-3-6-14/h1-10,18H,11-13H2/t18-/m1/s1. The predicted octanol–water partition coefficient (Wildman–Crippen LogP) is 3.74. The topological polar surface area (TPSA) is 62.6 Å². The first-order valence-electron chi connectivity index (χ1n) is 8.45. The molecule has 2 heterocycles. The molecule has 0 spiro atoms. The molecule has 1 atom stereocenters. The average Bonchev–Trinajstić information content (AvgIpc) is 3.21. The van der Waals surface area contributed by atoms with E-state index in [1.807, 2.05) is 30.3 Å². The molecule has 0 aliphatic carbocycles. The summed E-state index contributed by atoms with van der Waals surface area (Å²) in [6, 6.07) is 14.0. The Hall–Kier alpha value is -2.83. The van der Waals surface area contributed by atoms with Gasteiger partial charge in [-0.25, -0.2) is 4.79 Å². The van der Waals surface area contributed by atoms with Crippen molar-refractivity contribution in [1.29, 1.82) is 0 Å². The lowest BCUT2D eigenvalue weighted by Crippen LogP contribution is -2.24. The van der Waals surface area contributed by atoms with Crippen molar-refractivity contribution in [2.24, 2.45) is 0 Å². The van der Waals surface area contributed by atoms with Crippen molar-refractivity contribution in [3.63, 3.8) is 0 Å². The van der Waals surface area contributed by atoms with E-state index < -0.39 is 12.0 Å². The second-order valence-electron chi connectivity index (χ2n) is 6.07. The molecule has 0 saturated heterocycles. The van der Waals surface area contributed by atoms with Gasteiger partial charge >= 0.3 is 5.97 Å². The molecule has 0 bridgehead atoms. The highest BCUT2D eigenvalue weighted by molar-refractivity contribution is 6.30. The number of halogens is 1. The molecule has 2 aromatic carbocycles. The molecule has 0 amide bonds. The SMILES string of the molecule is O=C(OCc1cc(Cl)cc2c1OCOC2)[C@@H](c1ccccc1)n1cccn1. The lowest BCUT2D eigenvalue weighted by atomic mass is 10.1. The monoisotopic (exact) mass is 384 g/mol. The summed E-state index contributed by atoms with van der Waals surface area (Å²) in [4.78, 5) is 12.9. The fourth-order valence-corrected chi connectivity index (χ4v) is 3.32. The molecule has 0 radical (unpaired) electrons. The normalized spacial score (nSPS) is 14.1. The van der Waals surface area contributed by atoms with Gasteiger partial charge in [0, 0.05) is 28.5 Å². The zero-order chi connectivity index (χ0) is 18.6. The first-order valence-corrected chi connectivity index (χ1v) is 8.83. The van der Waals surface area contributed by atoms with E-state index >= 15 is 0 Å². The zero-order valence-corrected chi connectivity index (χ0v) is 15.1. The molecule has 0 saturated carbocycles. The number of carbonyl (C=O) groups is 1. The van der Waals surface area contributed by atoms with Gasteiger partial charge in [-0.3, -0.25) is 4.68 Å². The maximum absolute atomic E-state index is 12.9. The molecule has 0 N–H and O–H groups in total. The summed E-state index contributed by atoms with van der Waals surface area (Å²) >= 11 is 6.17. The highest BCUT2D eigenvalue weighted by atomic mass is 35.5. The fraction of sp³-hybridized carbons (Fsp3) is 0.200. The van der Waals surface area contributed by atoms with Crippen LogP contribution in [-0.4, -0.2) is 22.5 Å². The van der Waals surface area contributed by atoms with E-state index in [-0.39, 0.29) is 13.4 Å². The summed E-state index contributed by atoms with van der Waals surface area (Å²) in [6.07, 6.45) is 3.37. The second kappa shape index (κ2) is 7.82. The predicted molar refractivity (Wildman–Crippen MR) is 98.3 cm³/mol. The van der Waals surface area contributed by atoms with E-state index in [0.717, 1.165) is 11.1 Å². The molecule has 7 heteroatoms. The number of esters is 1. The highest BCUT2D eigenvalue weighted by Crippen LogP contribution is 2.32. The third-order valence-corrected chi connectivity index (χ3v) is 4.47. The molecule has 27 heavy (non-hydrogen) atoms. The number of benzene rings is 2. The van der Waals surface area contributed by atoms with Crippen LogP contribution < -0.4 is 4.74 Å². The molecule has 0 fully saturated rings. The van der Waals surface area contributed by atoms with Gasteiger partial charge in [0.2, 0.25) is 0 Å². The van der Waals surface area contributed by atoms with Gasteiger partial charge in [-0.05, 0) is 23.8 Å². The molecular weight excluding hydrogens is 368 g/mol. The van der Waals surface area contributed by atoms with Crippen LogP contribution in [0.3, 0.4) is 0 Å². The number of hydrogen-bond donors (Lipinski definition) is 0. The van der Waals surface area contributed by atoms with Crippen LogP contribution in [0, 0.1) is 0 Å². The third-order valence-electron chi connectivity index (χ3n) is 4.25. The van der Waals surface area contributed by atoms with Crippen molar-refractivity contribution in [3.8, 4) is 5.75 Å². The summed E-state index contributed by atoms with van der Waals surface area (Å²) in [5.74, 6) is 0.250. The summed E-state index contributed by atoms with van der Waals surface area (Å²) in [5.41, 5.74) is 2.34. The van der Waals surface area contributed by atoms with Crippen molar-refractivity contribution in [2.75, 3.05) is 6.79 Å². The molecule has 138 valence electrons. The van der Waals surface area contributed by atoms with Gasteiger partial charge in [0.25, 0.3) is 0 Å². The molecule has 3 aromatic rings. The van der Waals surface area contributed by atoms with E-state index in [1.165, 1.54) is 0 Å². The lowest BCUT2D eigenvalue weighted by molar-refractivity contribution is -0.148. The van der Waals surface area contributed by atoms with Gasteiger partial charge in [0.1, 0.15) is 12.4 Å². The summed E-state index contributed by atoms with van der Waals surface area (Å²) in [6.45, 7) is 0.624. The number of hydrogen-bond acceptors (Lipinski definition) is 5. The Morgan fingerprint density at radius 2 is 2.11 bits per heavy atom. The Labute approximate surface area is 161 Å². The average molecular weight is 385 g/mol. The van der Waals surface area contributed by atoms with E-state index in [2.05, 4.69) is 5.10 Å². The number of ether oxygens (including phenoxy) is 3. The van der Waals surface area contributed by atoms with Gasteiger partial charge in [0.15, 0.2) is 12.8 Å². The first kappa shape index (κ1) is 17.6. The lowest BCUT2D eigenvalue weighted by Gasteiger charge is -2.22. The number of rotatable bonds is 5. The number of nitrogens with zero attached hydrogens (tertiary/aromatic N) is 2. The van der Waals surface area contributed by atoms with Gasteiger partial charge in [-0.2, -0.15) is 5.10 Å². The van der Waals surface area contributed by atoms with Crippen molar-refractivity contribution < 1.29 is 19.0 Å². The third kappa shape index (κ3) is 3.82. The Morgan fingerprint density at radius 3 is 2.89 bits per heavy atom. The van der Waals surface area contributed by atoms with E-state index in [9.17, 15) is 4.79 Å². The molecule has 0 unspecified atom stereocenters. The summed E-state index contributed by atoms with van der Waals surface area (Å²) in [5, 5.41) is 4.75. The van der Waals surface area contributed by atoms with Gasteiger partial charge in [-0.1, -0.05) is 41.9 Å². The van der Waals surface area contributed by atoms with Crippen molar-refractivity contribution >= 4 is 17.6 Å². The molecular formula is C20H17ClN2O4. The van der Waals surface area contributed by atoms with Crippen molar-refractivity contribution in [3.05, 3.63) is 82.6 Å². The van der Waals surface area contributed by atoms with Crippen LogP contribution in [-0.2, 0) is 27.5 Å². The second-order valence-corrected chi connectivity index (χ2v) is 6.51. The van der Waals surface area contributed by atoms with E-state index in [1.54, 1.807) is 35.3 Å². The van der Waals surface area contributed by atoms with Gasteiger partial charge < -0.3 is 14.2 Å². The van der Waals surface area contributed by atoms with Crippen LogP contribution >= 0.6 is 11.6 Å². The molecule has 1 aromatic heterocycles. The van der Waals surface area contributed by atoms with Gasteiger partial charge in [-0.15, -0.1) is 0 Å². The summed E-state index contributed by atoms with van der Waals surface area (Å²) < 4.78 is 18.0. The Morgan fingerprint density at radius 1 is 1.26 bits per heavy atom. The molecule has 4 rings (SSSR count). The van der Waals surface area contributed by atoms with Crippen molar-refractivity contribution in [2.45, 2.75) is 19.3 Å². The fourth-order valence-electron chi connectivity index (χ4n) is 3.06. The van der Waals surface area contributed by atoms with Crippen LogP contribution in [0.2, 0.25) is 5.02 Å². The maximum atomic E-state index is 12.9. The Balaban J connectivity index is 1.57. The largest absolute Gasteiger partial charge is 0.467 e. The Kier molecular flexibility index (Phi) is 5.09. The Bertz CT molecular complexity index is 929. The maximum Gasteiger partial charge on any atom is 0.335 e. The van der Waals surface area contributed by atoms with E-state index in [4.69, 9.17) is 25.8 Å². The van der Waals surface area contributed by atoms with Crippen LogP contribution in [0.1, 0.15) is 22.7 Å². The molecule has 1 aliphatic rings. The first-order chi connectivity index (χ1) is 13.2. The summed E-state index contributed by atoms with van der Waals surface area (Å²) in [7, 11) is 0. The minimum Gasteiger partial charge on any atom is -0.467 e. The quantitative estimate of drug-likeness (QED) is 0.627.